The van der Waals surface area contributed by atoms with Crippen LogP contribution in [0.4, 0.5) is 17.1 Å². The lowest BCUT2D eigenvalue weighted by molar-refractivity contribution is 0.0980. The molecular weight excluding hydrogens is 464 g/mol. The Bertz CT molecular complexity index is 1610. The predicted molar refractivity (Wildman–Crippen MR) is 133 cm³/mol. The fourth-order valence-corrected chi connectivity index (χ4v) is 5.00. The molecular formula is C27H20N2O5S. The second kappa shape index (κ2) is 8.50. The van der Waals surface area contributed by atoms with Crippen LogP contribution in [-0.2, 0) is 16.5 Å². The molecule has 8 heteroatoms. The van der Waals surface area contributed by atoms with E-state index >= 15 is 0 Å². The number of fused-ring (bicyclic) bond motifs is 2. The molecule has 4 N–H and O–H groups in total. The number of hydrogen-bond donors (Lipinski definition) is 3. The van der Waals surface area contributed by atoms with Gasteiger partial charge in [0.25, 0.3) is 10.1 Å². The molecule has 4 aromatic rings. The van der Waals surface area contributed by atoms with Crippen molar-refractivity contribution in [3.8, 4) is 0 Å². The van der Waals surface area contributed by atoms with E-state index in [-0.39, 0.29) is 27.9 Å². The summed E-state index contributed by atoms with van der Waals surface area (Å²) in [4.78, 5) is 26.1. The molecule has 0 unspecified atom stereocenters. The second-order valence-corrected chi connectivity index (χ2v) is 9.64. The first-order chi connectivity index (χ1) is 16.7. The highest BCUT2D eigenvalue weighted by atomic mass is 32.2. The van der Waals surface area contributed by atoms with Gasteiger partial charge in [-0.3, -0.25) is 14.1 Å². The van der Waals surface area contributed by atoms with Gasteiger partial charge in [0.05, 0.1) is 22.5 Å². The van der Waals surface area contributed by atoms with Gasteiger partial charge in [-0.2, -0.15) is 8.42 Å². The summed E-state index contributed by atoms with van der Waals surface area (Å²) in [6.45, 7) is 0. The van der Waals surface area contributed by atoms with Gasteiger partial charge in [0, 0.05) is 16.8 Å². The van der Waals surface area contributed by atoms with E-state index in [9.17, 15) is 22.6 Å². The highest BCUT2D eigenvalue weighted by Gasteiger charge is 2.36. The third kappa shape index (κ3) is 4.09. The number of ketones is 2. The highest BCUT2D eigenvalue weighted by Crippen LogP contribution is 2.40. The van der Waals surface area contributed by atoms with E-state index in [4.69, 9.17) is 5.73 Å². The molecule has 0 atom stereocenters. The average molecular weight is 485 g/mol. The van der Waals surface area contributed by atoms with Crippen LogP contribution in [0.2, 0.25) is 0 Å². The Morgan fingerprint density at radius 1 is 0.743 bits per heavy atom. The van der Waals surface area contributed by atoms with E-state index in [1.807, 2.05) is 48.5 Å². The van der Waals surface area contributed by atoms with Crippen molar-refractivity contribution < 1.29 is 22.6 Å². The molecule has 4 aromatic carbocycles. The zero-order chi connectivity index (χ0) is 24.7. The molecule has 0 heterocycles. The van der Waals surface area contributed by atoms with Crippen molar-refractivity contribution >= 4 is 38.7 Å². The van der Waals surface area contributed by atoms with Gasteiger partial charge in [0.15, 0.2) is 11.6 Å². The Kier molecular flexibility index (Phi) is 5.47. The van der Waals surface area contributed by atoms with Crippen LogP contribution in [0.5, 0.6) is 0 Å². The normalized spacial score (nSPS) is 12.7. The van der Waals surface area contributed by atoms with Gasteiger partial charge in [-0.25, -0.2) is 0 Å². The van der Waals surface area contributed by atoms with Crippen LogP contribution in [0, 0.1) is 0 Å². The van der Waals surface area contributed by atoms with Crippen LogP contribution < -0.4 is 11.1 Å². The maximum Gasteiger partial charge on any atom is 0.296 e. The minimum Gasteiger partial charge on any atom is -0.397 e. The maximum absolute atomic E-state index is 13.4. The molecule has 0 saturated carbocycles. The summed E-state index contributed by atoms with van der Waals surface area (Å²) >= 11 is 0. The Labute approximate surface area is 202 Å². The third-order valence-corrected chi connectivity index (χ3v) is 6.83. The summed E-state index contributed by atoms with van der Waals surface area (Å²) in [5.74, 6) is -1.05. The van der Waals surface area contributed by atoms with Crippen molar-refractivity contribution in [1.82, 2.24) is 0 Å². The summed E-state index contributed by atoms with van der Waals surface area (Å²) in [6.07, 6.45) is 0.664. The third-order valence-electron chi connectivity index (χ3n) is 5.93. The van der Waals surface area contributed by atoms with Gasteiger partial charge in [-0.05, 0) is 35.7 Å². The first kappa shape index (κ1) is 22.5. The molecule has 0 radical (unpaired) electrons. The quantitative estimate of drug-likeness (QED) is 0.245. The summed E-state index contributed by atoms with van der Waals surface area (Å²) in [6, 6.07) is 24.6. The summed E-state index contributed by atoms with van der Waals surface area (Å²) in [5, 5.41) is 3.08. The Morgan fingerprint density at radius 3 is 2.00 bits per heavy atom. The summed E-state index contributed by atoms with van der Waals surface area (Å²) < 4.78 is 34.0. The van der Waals surface area contributed by atoms with E-state index in [1.165, 1.54) is 12.1 Å². The number of hydrogen-bond acceptors (Lipinski definition) is 6. The lowest BCUT2D eigenvalue weighted by atomic mass is 9.82. The molecule has 5 rings (SSSR count). The second-order valence-electron chi connectivity index (χ2n) is 8.25. The minimum atomic E-state index is -4.78. The number of nitrogen functional groups attached to an aromatic ring is 1. The fraction of sp³-hybridized carbons (Fsp3) is 0.0370. The predicted octanol–water partition coefficient (Wildman–Crippen LogP) is 4.63. The van der Waals surface area contributed by atoms with Crippen LogP contribution >= 0.6 is 0 Å². The van der Waals surface area contributed by atoms with Crippen molar-refractivity contribution in [3.05, 3.63) is 118 Å². The number of nitrogens with one attached hydrogen (secondary N) is 1. The number of rotatable bonds is 5. The van der Waals surface area contributed by atoms with Gasteiger partial charge in [-0.1, -0.05) is 66.7 Å². The van der Waals surface area contributed by atoms with Crippen LogP contribution in [0.1, 0.15) is 43.0 Å². The van der Waals surface area contributed by atoms with Crippen molar-refractivity contribution in [2.75, 3.05) is 11.1 Å². The maximum atomic E-state index is 13.4. The standard InChI is InChI=1S/C27H20N2O5S/c28-25-22(35(32,33)34)15-21(23-24(25)27(31)20-12-5-4-11-19(20)26(23)30)29-18-10-6-9-17(14-18)13-16-7-2-1-3-8-16/h1-12,14-15,29H,13,28H2,(H,32,33,34). The molecule has 0 aliphatic heterocycles. The van der Waals surface area contributed by atoms with Gasteiger partial charge in [0.1, 0.15) is 4.90 Å². The topological polar surface area (TPSA) is 127 Å². The van der Waals surface area contributed by atoms with Crippen molar-refractivity contribution in [1.29, 1.82) is 0 Å². The van der Waals surface area contributed by atoms with Crippen LogP contribution in [-0.4, -0.2) is 24.5 Å². The molecule has 0 amide bonds. The molecule has 0 fully saturated rings. The molecule has 0 spiro atoms. The Morgan fingerprint density at radius 2 is 1.34 bits per heavy atom. The molecule has 1 aliphatic rings. The monoisotopic (exact) mass is 484 g/mol. The Balaban J connectivity index is 1.64. The lowest BCUT2D eigenvalue weighted by Gasteiger charge is -2.23. The molecule has 174 valence electrons. The Hall–Kier alpha value is -4.27. The zero-order valence-corrected chi connectivity index (χ0v) is 19.2. The molecule has 35 heavy (non-hydrogen) atoms. The highest BCUT2D eigenvalue weighted by molar-refractivity contribution is 7.86. The van der Waals surface area contributed by atoms with Gasteiger partial charge < -0.3 is 11.1 Å². The largest absolute Gasteiger partial charge is 0.397 e. The molecule has 0 aromatic heterocycles. The summed E-state index contributed by atoms with van der Waals surface area (Å²) in [5.41, 5.74) is 8.35. The van der Waals surface area contributed by atoms with Crippen molar-refractivity contribution in [2.24, 2.45) is 0 Å². The minimum absolute atomic E-state index is 0.0351. The number of benzene rings is 4. The SMILES string of the molecule is Nc1c(S(=O)(=O)O)cc(Nc2cccc(Cc3ccccc3)c2)c2c1C(=O)c1ccccc1C2=O. The lowest BCUT2D eigenvalue weighted by Crippen LogP contribution is -2.25. The smallest absolute Gasteiger partial charge is 0.296 e. The zero-order valence-electron chi connectivity index (χ0n) is 18.4. The van der Waals surface area contributed by atoms with Crippen LogP contribution in [0.3, 0.4) is 0 Å². The van der Waals surface area contributed by atoms with E-state index < -0.39 is 32.3 Å². The van der Waals surface area contributed by atoms with Gasteiger partial charge >= 0.3 is 0 Å². The molecule has 1 aliphatic carbocycles. The summed E-state index contributed by atoms with van der Waals surface area (Å²) in [7, 11) is -4.78. The van der Waals surface area contributed by atoms with E-state index in [2.05, 4.69) is 5.32 Å². The number of carbonyl (C=O) groups is 2. The molecule has 0 saturated heterocycles. The van der Waals surface area contributed by atoms with Crippen molar-refractivity contribution in [2.45, 2.75) is 11.3 Å². The molecule has 7 nitrogen and oxygen atoms in total. The van der Waals surface area contributed by atoms with E-state index in [0.717, 1.165) is 17.2 Å². The fourth-order valence-electron chi connectivity index (χ4n) is 4.35. The average Bonchev–Trinajstić information content (AvgIpc) is 2.83. The van der Waals surface area contributed by atoms with Crippen LogP contribution in [0.15, 0.2) is 89.8 Å². The first-order valence-corrected chi connectivity index (χ1v) is 12.2. The van der Waals surface area contributed by atoms with E-state index in [0.29, 0.717) is 12.1 Å². The first-order valence-electron chi connectivity index (χ1n) is 10.8. The number of carbonyl (C=O) groups excluding carboxylic acids is 2. The molecule has 0 bridgehead atoms. The van der Waals surface area contributed by atoms with Crippen molar-refractivity contribution in [3.63, 3.8) is 0 Å². The number of anilines is 3. The van der Waals surface area contributed by atoms with Gasteiger partial charge in [0.2, 0.25) is 0 Å². The van der Waals surface area contributed by atoms with Crippen LogP contribution in [0.25, 0.3) is 0 Å². The van der Waals surface area contributed by atoms with E-state index in [1.54, 1.807) is 18.2 Å². The van der Waals surface area contributed by atoms with Gasteiger partial charge in [-0.15, -0.1) is 0 Å². The number of nitrogens with two attached hydrogens (primary N) is 1.